The van der Waals surface area contributed by atoms with Gasteiger partial charge in [0.05, 0.1) is 18.1 Å². The summed E-state index contributed by atoms with van der Waals surface area (Å²) in [5.74, 6) is 0.197. The fourth-order valence-electron chi connectivity index (χ4n) is 2.47. The summed E-state index contributed by atoms with van der Waals surface area (Å²) in [7, 11) is 0. The van der Waals surface area contributed by atoms with Gasteiger partial charge in [-0.05, 0) is 15.9 Å². The summed E-state index contributed by atoms with van der Waals surface area (Å²) in [5.41, 5.74) is 5.69. The van der Waals surface area contributed by atoms with Crippen LogP contribution in [0.3, 0.4) is 0 Å². The van der Waals surface area contributed by atoms with Crippen LogP contribution in [-0.2, 0) is 4.74 Å². The molecule has 9 heteroatoms. The second kappa shape index (κ2) is 4.85. The highest BCUT2D eigenvalue weighted by molar-refractivity contribution is 9.10. The van der Waals surface area contributed by atoms with Crippen molar-refractivity contribution < 1.29 is 14.9 Å². The minimum Gasteiger partial charge on any atom is -0.394 e. The van der Waals surface area contributed by atoms with Gasteiger partial charge in [0.15, 0.2) is 5.82 Å². The highest BCUT2D eigenvalue weighted by atomic mass is 79.9. The Bertz CT molecular complexity index is 712. The van der Waals surface area contributed by atoms with Crippen molar-refractivity contribution in [2.75, 3.05) is 12.3 Å². The van der Waals surface area contributed by atoms with Crippen molar-refractivity contribution in [3.8, 4) is 0 Å². The Balaban J connectivity index is 2.14. The van der Waals surface area contributed by atoms with Gasteiger partial charge in [-0.3, -0.25) is 4.79 Å². The fourth-order valence-corrected chi connectivity index (χ4v) is 3.08. The highest BCUT2D eigenvalue weighted by Crippen LogP contribution is 2.35. The molecule has 8 nitrogen and oxygen atoms in total. The largest absolute Gasteiger partial charge is 0.394 e. The average Bonchev–Trinajstić information content (AvgIpc) is 2.95. The Morgan fingerprint density at radius 2 is 2.40 bits per heavy atom. The van der Waals surface area contributed by atoms with E-state index in [1.807, 2.05) is 0 Å². The number of nitrogens with one attached hydrogen (secondary N) is 1. The Morgan fingerprint density at radius 1 is 1.65 bits per heavy atom. The fraction of sp³-hybridized carbons (Fsp3) is 0.455. The molecule has 5 N–H and O–H groups in total. The smallest absolute Gasteiger partial charge is 0.288 e. The summed E-state index contributed by atoms with van der Waals surface area (Å²) in [6.07, 6.45) is -0.0362. The normalized spacial score (nSPS) is 26.4. The Hall–Kier alpha value is -1.42. The van der Waals surface area contributed by atoms with Gasteiger partial charge in [-0.2, -0.15) is 5.10 Å². The molecule has 1 fully saturated rings. The summed E-state index contributed by atoms with van der Waals surface area (Å²) in [6.45, 7) is -0.280. The van der Waals surface area contributed by atoms with Crippen molar-refractivity contribution in [1.82, 2.24) is 14.8 Å². The van der Waals surface area contributed by atoms with E-state index in [9.17, 15) is 9.90 Å². The van der Waals surface area contributed by atoms with Crippen LogP contribution in [0, 0.1) is 0 Å². The topological polar surface area (TPSA) is 126 Å². The molecule has 20 heavy (non-hydrogen) atoms. The summed E-state index contributed by atoms with van der Waals surface area (Å²) in [4.78, 5) is 12.0. The Morgan fingerprint density at radius 3 is 3.05 bits per heavy atom. The lowest BCUT2D eigenvalue weighted by atomic mass is 10.2. The number of rotatable bonds is 2. The average molecular weight is 345 g/mol. The number of aromatic amines is 1. The van der Waals surface area contributed by atoms with E-state index in [-0.39, 0.29) is 18.8 Å². The monoisotopic (exact) mass is 344 g/mol. The number of anilines is 1. The van der Waals surface area contributed by atoms with Crippen molar-refractivity contribution in [3.05, 3.63) is 21.0 Å². The molecule has 0 bridgehead atoms. The van der Waals surface area contributed by atoms with Gasteiger partial charge < -0.3 is 25.3 Å². The Labute approximate surface area is 121 Å². The maximum atomic E-state index is 12.0. The molecule has 3 heterocycles. The van der Waals surface area contributed by atoms with E-state index in [2.05, 4.69) is 26.1 Å². The zero-order chi connectivity index (χ0) is 14.4. The number of nitrogens with two attached hydrogens (primary N) is 1. The molecule has 3 rings (SSSR count). The molecular weight excluding hydrogens is 332 g/mol. The van der Waals surface area contributed by atoms with Gasteiger partial charge in [-0.25, -0.2) is 5.10 Å². The molecule has 108 valence electrons. The molecule has 0 aromatic carbocycles. The molecule has 1 aliphatic rings. The molecule has 2 aromatic rings. The van der Waals surface area contributed by atoms with Gasteiger partial charge in [-0.15, -0.1) is 0 Å². The zero-order valence-electron chi connectivity index (χ0n) is 10.3. The number of nitrogens with zero attached hydrogens (tertiary/aromatic N) is 2. The van der Waals surface area contributed by atoms with Crippen LogP contribution in [0.2, 0.25) is 0 Å². The Kier molecular flexibility index (Phi) is 3.28. The molecule has 3 atom stereocenters. The lowest BCUT2D eigenvalue weighted by Crippen LogP contribution is -2.24. The number of nitrogen functional groups attached to an aromatic ring is 1. The van der Waals surface area contributed by atoms with Crippen molar-refractivity contribution in [2.45, 2.75) is 24.9 Å². The van der Waals surface area contributed by atoms with Gasteiger partial charge in [0.1, 0.15) is 17.8 Å². The van der Waals surface area contributed by atoms with Gasteiger partial charge in [-0.1, -0.05) is 0 Å². The van der Waals surface area contributed by atoms with E-state index in [4.69, 9.17) is 15.6 Å². The first-order chi connectivity index (χ1) is 9.52. The zero-order valence-corrected chi connectivity index (χ0v) is 11.9. The molecule has 0 saturated carbocycles. The molecular formula is C11H13BrN4O4. The number of fused-ring (bicyclic) bond motifs is 1. The minimum atomic E-state index is -0.778. The minimum absolute atomic E-state index is 0.197. The molecule has 0 amide bonds. The second-order valence-corrected chi connectivity index (χ2v) is 5.52. The van der Waals surface area contributed by atoms with Crippen LogP contribution < -0.4 is 11.3 Å². The van der Waals surface area contributed by atoms with Crippen molar-refractivity contribution in [3.63, 3.8) is 0 Å². The number of aliphatic hydroxyl groups is 2. The quantitative estimate of drug-likeness (QED) is 0.593. The number of aliphatic hydroxyl groups excluding tert-OH is 2. The number of hydrogen-bond donors (Lipinski definition) is 4. The number of H-pyrrole nitrogens is 1. The van der Waals surface area contributed by atoms with Crippen LogP contribution in [0.15, 0.2) is 15.5 Å². The van der Waals surface area contributed by atoms with Crippen LogP contribution >= 0.6 is 15.9 Å². The summed E-state index contributed by atoms with van der Waals surface area (Å²) >= 11 is 3.34. The third-order valence-electron chi connectivity index (χ3n) is 3.43. The van der Waals surface area contributed by atoms with Crippen molar-refractivity contribution in [1.29, 1.82) is 0 Å². The van der Waals surface area contributed by atoms with E-state index in [1.54, 1.807) is 10.8 Å². The number of aromatic nitrogens is 3. The van der Waals surface area contributed by atoms with Crippen LogP contribution in [0.1, 0.15) is 12.6 Å². The van der Waals surface area contributed by atoms with Crippen molar-refractivity contribution >= 4 is 32.7 Å². The summed E-state index contributed by atoms with van der Waals surface area (Å²) < 4.78 is 7.77. The van der Waals surface area contributed by atoms with Crippen molar-refractivity contribution in [2.24, 2.45) is 0 Å². The highest BCUT2D eigenvalue weighted by Gasteiger charge is 2.35. The number of ether oxygens (including phenoxy) is 1. The van der Waals surface area contributed by atoms with Crippen LogP contribution in [-0.4, -0.2) is 43.8 Å². The first-order valence-corrected chi connectivity index (χ1v) is 6.80. The molecule has 0 radical (unpaired) electrons. The van der Waals surface area contributed by atoms with E-state index < -0.39 is 24.0 Å². The van der Waals surface area contributed by atoms with Gasteiger partial charge in [0, 0.05) is 17.1 Å². The van der Waals surface area contributed by atoms with Crippen LogP contribution in [0.25, 0.3) is 10.9 Å². The van der Waals surface area contributed by atoms with Crippen LogP contribution in [0.5, 0.6) is 0 Å². The number of hydrogen-bond acceptors (Lipinski definition) is 6. The summed E-state index contributed by atoms with van der Waals surface area (Å²) in [6, 6.07) is 0. The predicted molar refractivity (Wildman–Crippen MR) is 74.1 cm³/mol. The van der Waals surface area contributed by atoms with Gasteiger partial charge in [0.25, 0.3) is 5.56 Å². The SMILES string of the molecule is Nc1n[nH]c(=O)c2c1c(Br)cn2[C@H]1C[C@H](O)C(CO)O1. The first kappa shape index (κ1) is 13.6. The lowest BCUT2D eigenvalue weighted by molar-refractivity contribution is -0.0429. The van der Waals surface area contributed by atoms with Gasteiger partial charge >= 0.3 is 0 Å². The second-order valence-electron chi connectivity index (χ2n) is 4.66. The van der Waals surface area contributed by atoms with E-state index in [0.717, 1.165) is 0 Å². The molecule has 0 aliphatic carbocycles. The summed E-state index contributed by atoms with van der Waals surface area (Å²) in [5, 5.41) is 25.4. The third-order valence-corrected chi connectivity index (χ3v) is 4.03. The molecule has 1 aliphatic heterocycles. The van der Waals surface area contributed by atoms with E-state index in [1.165, 1.54) is 0 Å². The maximum Gasteiger partial charge on any atom is 0.288 e. The predicted octanol–water partition coefficient (Wildman–Crippen LogP) is -0.290. The van der Waals surface area contributed by atoms with E-state index in [0.29, 0.717) is 15.4 Å². The first-order valence-electron chi connectivity index (χ1n) is 6.01. The maximum absolute atomic E-state index is 12.0. The third kappa shape index (κ3) is 1.94. The molecule has 1 saturated heterocycles. The lowest BCUT2D eigenvalue weighted by Gasteiger charge is -2.14. The standard InChI is InChI=1S/C11H13BrN4O4/c12-4-2-16(7-1-5(18)6(3-17)20-7)9-8(4)10(13)14-15-11(9)19/h2,5-7,17-18H,1,3H2,(H2,13,14)(H,15,19)/t5-,6?,7+/m0/s1. The van der Waals surface area contributed by atoms with Gasteiger partial charge in [0.2, 0.25) is 0 Å². The van der Waals surface area contributed by atoms with Crippen LogP contribution in [0.4, 0.5) is 5.82 Å². The molecule has 1 unspecified atom stereocenters. The number of halogens is 1. The van der Waals surface area contributed by atoms with E-state index >= 15 is 0 Å². The molecule has 0 spiro atoms. The molecule has 2 aromatic heterocycles.